The number of likely N-dealkylation sites (N-methyl/N-ethyl adjacent to an activating group) is 1. The Morgan fingerprint density at radius 1 is 1.08 bits per heavy atom. The molecule has 2 rings (SSSR count). The third-order valence-electron chi connectivity index (χ3n) is 6.04. The van der Waals surface area contributed by atoms with Crippen LogP contribution in [0.3, 0.4) is 0 Å². The highest BCUT2D eigenvalue weighted by Crippen LogP contribution is 2.28. The van der Waals surface area contributed by atoms with E-state index in [9.17, 15) is 0 Å². The molecule has 1 aliphatic heterocycles. The monoisotopic (exact) mass is 351 g/mol. The summed E-state index contributed by atoms with van der Waals surface area (Å²) in [5.74, 6) is 2.60. The predicted molar refractivity (Wildman–Crippen MR) is 108 cm³/mol. The third-order valence-corrected chi connectivity index (χ3v) is 6.04. The lowest BCUT2D eigenvalue weighted by molar-refractivity contribution is 0.0900. The van der Waals surface area contributed by atoms with Crippen LogP contribution in [0.5, 0.6) is 0 Å². The number of nitrogens with one attached hydrogen (secondary N) is 2. The van der Waals surface area contributed by atoms with Crippen molar-refractivity contribution in [2.75, 3.05) is 53.4 Å². The van der Waals surface area contributed by atoms with Crippen molar-refractivity contribution in [2.45, 2.75) is 58.4 Å². The summed E-state index contributed by atoms with van der Waals surface area (Å²) in [4.78, 5) is 9.48. The smallest absolute Gasteiger partial charge is 0.191 e. The number of hydrogen-bond donors (Lipinski definition) is 2. The molecule has 0 spiro atoms. The maximum atomic E-state index is 4.41. The molecule has 1 saturated heterocycles. The minimum Gasteiger partial charge on any atom is -0.356 e. The molecular weight excluding hydrogens is 310 g/mol. The van der Waals surface area contributed by atoms with Crippen molar-refractivity contribution in [3.05, 3.63) is 0 Å². The van der Waals surface area contributed by atoms with Gasteiger partial charge in [0.1, 0.15) is 0 Å². The molecule has 5 heteroatoms. The summed E-state index contributed by atoms with van der Waals surface area (Å²) in [5, 5.41) is 7.08. The van der Waals surface area contributed by atoms with E-state index in [1.165, 1.54) is 64.7 Å². The first kappa shape index (κ1) is 20.5. The lowest BCUT2D eigenvalue weighted by Gasteiger charge is -2.40. The highest BCUT2D eigenvalue weighted by atomic mass is 15.3. The molecule has 0 aromatic carbocycles. The van der Waals surface area contributed by atoms with Gasteiger partial charge in [-0.05, 0) is 31.7 Å². The lowest BCUT2D eigenvalue weighted by Crippen LogP contribution is -2.55. The first-order chi connectivity index (χ1) is 12.1. The summed E-state index contributed by atoms with van der Waals surface area (Å²) in [5.41, 5.74) is 0. The zero-order valence-electron chi connectivity index (χ0n) is 17.1. The lowest BCUT2D eigenvalue weighted by atomic mass is 10.0. The average molecular weight is 352 g/mol. The van der Waals surface area contributed by atoms with Crippen LogP contribution in [0.15, 0.2) is 4.99 Å². The summed E-state index contributed by atoms with van der Waals surface area (Å²) in [6.45, 7) is 11.4. The zero-order chi connectivity index (χ0) is 18.1. The van der Waals surface area contributed by atoms with Gasteiger partial charge in [0.25, 0.3) is 0 Å². The minimum atomic E-state index is 0.575. The second-order valence-electron chi connectivity index (χ2n) is 8.32. The van der Waals surface area contributed by atoms with Gasteiger partial charge in [-0.3, -0.25) is 9.89 Å². The van der Waals surface area contributed by atoms with Gasteiger partial charge in [0.05, 0.1) is 0 Å². The number of nitrogens with zero attached hydrogens (tertiary/aromatic N) is 3. The fourth-order valence-corrected chi connectivity index (χ4v) is 4.26. The van der Waals surface area contributed by atoms with Gasteiger partial charge in [-0.15, -0.1) is 0 Å². The maximum Gasteiger partial charge on any atom is 0.191 e. The summed E-state index contributed by atoms with van der Waals surface area (Å²) in [6, 6.07) is 0.575. The van der Waals surface area contributed by atoms with E-state index in [0.717, 1.165) is 25.0 Å². The van der Waals surface area contributed by atoms with Gasteiger partial charge >= 0.3 is 0 Å². The second kappa shape index (κ2) is 11.0. The fraction of sp³-hybridized carbons (Fsp3) is 0.950. The van der Waals surface area contributed by atoms with Crippen LogP contribution in [-0.4, -0.2) is 75.2 Å². The Hall–Kier alpha value is -0.810. The standard InChI is InChI=1S/C20H41N5/c1-17(2)19(25-14-12-24(4)13-15-25)16-23-20(21-3)22-11-7-10-18-8-5-6-9-18/h17-19H,5-16H2,1-4H3,(H2,21,22,23). The summed E-state index contributed by atoms with van der Waals surface area (Å²) in [7, 11) is 4.10. The number of rotatable bonds is 8. The Bertz CT molecular complexity index is 382. The van der Waals surface area contributed by atoms with Gasteiger partial charge in [-0.25, -0.2) is 0 Å². The van der Waals surface area contributed by atoms with E-state index in [1.807, 2.05) is 7.05 Å². The zero-order valence-corrected chi connectivity index (χ0v) is 17.1. The molecule has 1 saturated carbocycles. The van der Waals surface area contributed by atoms with E-state index < -0.39 is 0 Å². The Balaban J connectivity index is 1.67. The van der Waals surface area contributed by atoms with E-state index in [4.69, 9.17) is 0 Å². The Morgan fingerprint density at radius 3 is 2.36 bits per heavy atom. The summed E-state index contributed by atoms with van der Waals surface area (Å²) >= 11 is 0. The van der Waals surface area contributed by atoms with E-state index in [2.05, 4.69) is 46.3 Å². The molecular formula is C20H41N5. The molecule has 0 aromatic rings. The highest BCUT2D eigenvalue weighted by molar-refractivity contribution is 5.79. The van der Waals surface area contributed by atoms with Crippen LogP contribution in [0.25, 0.3) is 0 Å². The minimum absolute atomic E-state index is 0.575. The maximum absolute atomic E-state index is 4.41. The van der Waals surface area contributed by atoms with Gasteiger partial charge in [0.15, 0.2) is 5.96 Å². The fourth-order valence-electron chi connectivity index (χ4n) is 4.26. The molecule has 25 heavy (non-hydrogen) atoms. The number of guanidine groups is 1. The van der Waals surface area contributed by atoms with Gasteiger partial charge in [-0.2, -0.15) is 0 Å². The van der Waals surface area contributed by atoms with Crippen LogP contribution in [0.2, 0.25) is 0 Å². The SMILES string of the molecule is CN=C(NCCCC1CCCC1)NCC(C(C)C)N1CCN(C)CC1. The van der Waals surface area contributed by atoms with Gasteiger partial charge < -0.3 is 15.5 Å². The van der Waals surface area contributed by atoms with E-state index in [-0.39, 0.29) is 0 Å². The largest absolute Gasteiger partial charge is 0.356 e. The van der Waals surface area contributed by atoms with Crippen LogP contribution in [0.1, 0.15) is 52.4 Å². The molecule has 2 fully saturated rings. The van der Waals surface area contributed by atoms with Crippen molar-refractivity contribution >= 4 is 5.96 Å². The quantitative estimate of drug-likeness (QED) is 0.400. The van der Waals surface area contributed by atoms with Crippen molar-refractivity contribution in [1.82, 2.24) is 20.4 Å². The van der Waals surface area contributed by atoms with Gasteiger partial charge in [0.2, 0.25) is 0 Å². The van der Waals surface area contributed by atoms with Crippen molar-refractivity contribution in [3.63, 3.8) is 0 Å². The molecule has 2 aliphatic rings. The molecule has 1 aliphatic carbocycles. The van der Waals surface area contributed by atoms with Gasteiger partial charge in [0, 0.05) is 52.4 Å². The molecule has 1 heterocycles. The van der Waals surface area contributed by atoms with Crippen LogP contribution < -0.4 is 10.6 Å². The summed E-state index contributed by atoms with van der Waals surface area (Å²) < 4.78 is 0. The molecule has 0 aromatic heterocycles. The average Bonchev–Trinajstić information content (AvgIpc) is 3.11. The number of piperazine rings is 1. The third kappa shape index (κ3) is 7.14. The molecule has 5 nitrogen and oxygen atoms in total. The molecule has 0 bridgehead atoms. The van der Waals surface area contributed by atoms with Crippen LogP contribution in [-0.2, 0) is 0 Å². The van der Waals surface area contributed by atoms with Crippen LogP contribution in [0.4, 0.5) is 0 Å². The molecule has 2 N–H and O–H groups in total. The first-order valence-corrected chi connectivity index (χ1v) is 10.5. The topological polar surface area (TPSA) is 42.9 Å². The predicted octanol–water partition coefficient (Wildman–Crippen LogP) is 2.39. The van der Waals surface area contributed by atoms with E-state index >= 15 is 0 Å². The number of hydrogen-bond acceptors (Lipinski definition) is 3. The Labute approximate surface area is 155 Å². The van der Waals surface area contributed by atoms with Crippen molar-refractivity contribution in [2.24, 2.45) is 16.8 Å². The molecule has 1 unspecified atom stereocenters. The van der Waals surface area contributed by atoms with Crippen molar-refractivity contribution in [1.29, 1.82) is 0 Å². The van der Waals surface area contributed by atoms with Gasteiger partial charge in [-0.1, -0.05) is 39.5 Å². The van der Waals surface area contributed by atoms with E-state index in [0.29, 0.717) is 12.0 Å². The first-order valence-electron chi connectivity index (χ1n) is 10.5. The van der Waals surface area contributed by atoms with E-state index in [1.54, 1.807) is 0 Å². The Kier molecular flexibility index (Phi) is 9.04. The Morgan fingerprint density at radius 2 is 1.76 bits per heavy atom. The van der Waals surface area contributed by atoms with Crippen LogP contribution in [0, 0.1) is 11.8 Å². The van der Waals surface area contributed by atoms with Crippen molar-refractivity contribution < 1.29 is 0 Å². The van der Waals surface area contributed by atoms with Crippen molar-refractivity contribution in [3.8, 4) is 0 Å². The molecule has 0 amide bonds. The van der Waals surface area contributed by atoms with Crippen LogP contribution >= 0.6 is 0 Å². The normalized spacial score (nSPS) is 22.5. The second-order valence-corrected chi connectivity index (χ2v) is 8.32. The molecule has 0 radical (unpaired) electrons. The summed E-state index contributed by atoms with van der Waals surface area (Å²) in [6.07, 6.45) is 8.44. The molecule has 146 valence electrons. The molecule has 1 atom stereocenters. The number of aliphatic imine (C=N–C) groups is 1. The highest BCUT2D eigenvalue weighted by Gasteiger charge is 2.25.